The summed E-state index contributed by atoms with van der Waals surface area (Å²) >= 11 is 5.58. The van der Waals surface area contributed by atoms with Crippen molar-refractivity contribution >= 4 is 23.3 Å². The normalized spacial score (nSPS) is 24.4. The first-order valence-electron chi connectivity index (χ1n) is 4.95. The minimum atomic E-state index is 0.0322. The van der Waals surface area contributed by atoms with Gasteiger partial charge in [-0.2, -0.15) is 0 Å². The van der Waals surface area contributed by atoms with Gasteiger partial charge in [0.15, 0.2) is 11.0 Å². The fraction of sp³-hybridized carbons (Fsp3) is 0.500. The zero-order valence-corrected chi connectivity index (χ0v) is 9.16. The van der Waals surface area contributed by atoms with Crippen molar-refractivity contribution in [3.63, 3.8) is 0 Å². The fourth-order valence-corrected chi connectivity index (χ4v) is 1.83. The van der Waals surface area contributed by atoms with Gasteiger partial charge < -0.3 is 5.32 Å². The van der Waals surface area contributed by atoms with E-state index in [1.54, 1.807) is 12.1 Å². The van der Waals surface area contributed by atoms with Crippen molar-refractivity contribution in [3.8, 4) is 0 Å². The van der Waals surface area contributed by atoms with Crippen molar-refractivity contribution < 1.29 is 4.79 Å². The molecule has 1 saturated carbocycles. The minimum absolute atomic E-state index is 0.0322. The molecule has 80 valence electrons. The number of nitrogens with zero attached hydrogens (tertiary/aromatic N) is 2. The molecular formula is C10H12ClN3O. The van der Waals surface area contributed by atoms with Crippen LogP contribution < -0.4 is 5.32 Å². The van der Waals surface area contributed by atoms with E-state index in [4.69, 9.17) is 11.6 Å². The molecule has 0 saturated heterocycles. The second-order valence-corrected chi connectivity index (χ2v) is 4.39. The van der Waals surface area contributed by atoms with Crippen LogP contribution in [0.25, 0.3) is 0 Å². The second kappa shape index (κ2) is 4.14. The van der Waals surface area contributed by atoms with Gasteiger partial charge >= 0.3 is 0 Å². The van der Waals surface area contributed by atoms with Gasteiger partial charge in [-0.1, -0.05) is 18.5 Å². The maximum absolute atomic E-state index is 11.6. The molecule has 1 aliphatic carbocycles. The summed E-state index contributed by atoms with van der Waals surface area (Å²) in [5.74, 6) is 1.29. The number of carbonyl (C=O) groups excluding carboxylic acids is 1. The maximum atomic E-state index is 11.6. The Hall–Kier alpha value is -1.16. The third kappa shape index (κ3) is 2.45. The molecule has 1 amide bonds. The second-order valence-electron chi connectivity index (χ2n) is 4.00. The summed E-state index contributed by atoms with van der Waals surface area (Å²) in [6.07, 6.45) is 1.93. The van der Waals surface area contributed by atoms with Gasteiger partial charge in [-0.15, -0.1) is 10.2 Å². The molecule has 0 aliphatic heterocycles. The highest BCUT2D eigenvalue weighted by Crippen LogP contribution is 2.33. The van der Waals surface area contributed by atoms with Gasteiger partial charge in [-0.3, -0.25) is 4.79 Å². The lowest BCUT2D eigenvalue weighted by Gasteiger charge is -2.31. The van der Waals surface area contributed by atoms with E-state index in [1.807, 2.05) is 0 Å². The van der Waals surface area contributed by atoms with Gasteiger partial charge in [0, 0.05) is 5.92 Å². The van der Waals surface area contributed by atoms with Crippen molar-refractivity contribution in [1.82, 2.24) is 10.2 Å². The van der Waals surface area contributed by atoms with E-state index in [9.17, 15) is 4.79 Å². The SMILES string of the molecule is CC1CC(C(=O)Nc2ccc(Cl)nn2)C1. The van der Waals surface area contributed by atoms with Crippen LogP contribution in [-0.4, -0.2) is 16.1 Å². The molecule has 1 aromatic heterocycles. The first-order chi connectivity index (χ1) is 7.15. The van der Waals surface area contributed by atoms with Crippen molar-refractivity contribution in [2.75, 3.05) is 5.32 Å². The van der Waals surface area contributed by atoms with E-state index in [0.29, 0.717) is 16.9 Å². The summed E-state index contributed by atoms with van der Waals surface area (Å²) in [5, 5.41) is 10.5. The molecule has 1 heterocycles. The molecule has 4 nitrogen and oxygen atoms in total. The Morgan fingerprint density at radius 1 is 1.47 bits per heavy atom. The van der Waals surface area contributed by atoms with Gasteiger partial charge in [0.25, 0.3) is 0 Å². The van der Waals surface area contributed by atoms with Crippen LogP contribution in [0.4, 0.5) is 5.82 Å². The zero-order valence-electron chi connectivity index (χ0n) is 8.40. The summed E-state index contributed by atoms with van der Waals surface area (Å²) in [4.78, 5) is 11.6. The van der Waals surface area contributed by atoms with Crippen molar-refractivity contribution in [1.29, 1.82) is 0 Å². The van der Waals surface area contributed by atoms with Crippen molar-refractivity contribution in [3.05, 3.63) is 17.3 Å². The van der Waals surface area contributed by atoms with Crippen LogP contribution in [0.3, 0.4) is 0 Å². The fourth-order valence-electron chi connectivity index (χ4n) is 1.73. The molecule has 0 radical (unpaired) electrons. The quantitative estimate of drug-likeness (QED) is 0.839. The Bertz CT molecular complexity index is 359. The lowest BCUT2D eigenvalue weighted by Crippen LogP contribution is -2.33. The summed E-state index contributed by atoms with van der Waals surface area (Å²) < 4.78 is 0. The van der Waals surface area contributed by atoms with Gasteiger partial charge in [0.05, 0.1) is 0 Å². The third-order valence-electron chi connectivity index (χ3n) is 2.63. The number of rotatable bonds is 2. The average molecular weight is 226 g/mol. The molecule has 1 fully saturated rings. The molecule has 1 aliphatic rings. The van der Waals surface area contributed by atoms with E-state index >= 15 is 0 Å². The standard InChI is InChI=1S/C10H12ClN3O/c1-6-4-7(5-6)10(15)12-9-3-2-8(11)13-14-9/h2-3,6-7H,4-5H2,1H3,(H,12,14,15). The smallest absolute Gasteiger partial charge is 0.228 e. The van der Waals surface area contributed by atoms with Crippen LogP contribution in [-0.2, 0) is 4.79 Å². The molecule has 15 heavy (non-hydrogen) atoms. The highest BCUT2D eigenvalue weighted by Gasteiger charge is 2.31. The van der Waals surface area contributed by atoms with Gasteiger partial charge in [-0.25, -0.2) is 0 Å². The largest absolute Gasteiger partial charge is 0.309 e. The molecule has 1 aromatic rings. The summed E-state index contributed by atoms with van der Waals surface area (Å²) in [5.41, 5.74) is 0. The number of nitrogens with one attached hydrogen (secondary N) is 1. The lowest BCUT2D eigenvalue weighted by atomic mass is 9.76. The number of hydrogen-bond acceptors (Lipinski definition) is 3. The lowest BCUT2D eigenvalue weighted by molar-refractivity contribution is -0.123. The molecule has 0 spiro atoms. The monoisotopic (exact) mass is 225 g/mol. The number of halogens is 1. The topological polar surface area (TPSA) is 54.9 Å². The van der Waals surface area contributed by atoms with Crippen molar-refractivity contribution in [2.45, 2.75) is 19.8 Å². The Morgan fingerprint density at radius 2 is 2.20 bits per heavy atom. The van der Waals surface area contributed by atoms with Crippen LogP contribution in [0.1, 0.15) is 19.8 Å². The number of anilines is 1. The van der Waals surface area contributed by atoms with Crippen LogP contribution >= 0.6 is 11.6 Å². The molecule has 2 rings (SSSR count). The highest BCUT2D eigenvalue weighted by molar-refractivity contribution is 6.29. The summed E-state index contributed by atoms with van der Waals surface area (Å²) in [7, 11) is 0. The summed E-state index contributed by atoms with van der Waals surface area (Å²) in [6.45, 7) is 2.14. The van der Waals surface area contributed by atoms with E-state index in [-0.39, 0.29) is 11.8 Å². The van der Waals surface area contributed by atoms with E-state index in [2.05, 4.69) is 22.4 Å². The molecule has 0 aromatic carbocycles. The van der Waals surface area contributed by atoms with Crippen LogP contribution in [0.5, 0.6) is 0 Å². The molecular weight excluding hydrogens is 214 g/mol. The number of hydrogen-bond donors (Lipinski definition) is 1. The third-order valence-corrected chi connectivity index (χ3v) is 2.83. The Balaban J connectivity index is 1.91. The maximum Gasteiger partial charge on any atom is 0.228 e. The zero-order chi connectivity index (χ0) is 10.8. The molecule has 0 atom stereocenters. The molecule has 0 bridgehead atoms. The van der Waals surface area contributed by atoms with E-state index < -0.39 is 0 Å². The van der Waals surface area contributed by atoms with Gasteiger partial charge in [0.1, 0.15) is 0 Å². The Kier molecular flexibility index (Phi) is 2.86. The summed E-state index contributed by atoms with van der Waals surface area (Å²) in [6, 6.07) is 3.25. The predicted molar refractivity (Wildman–Crippen MR) is 57.6 cm³/mol. The number of aromatic nitrogens is 2. The van der Waals surface area contributed by atoms with E-state index in [0.717, 1.165) is 12.8 Å². The Morgan fingerprint density at radius 3 is 2.73 bits per heavy atom. The predicted octanol–water partition coefficient (Wildman–Crippen LogP) is 2.11. The number of carbonyl (C=O) groups is 1. The molecule has 0 unspecified atom stereocenters. The number of amides is 1. The Labute approximate surface area is 93.0 Å². The van der Waals surface area contributed by atoms with Crippen LogP contribution in [0.2, 0.25) is 5.15 Å². The van der Waals surface area contributed by atoms with Gasteiger partial charge in [0.2, 0.25) is 5.91 Å². The molecule has 1 N–H and O–H groups in total. The minimum Gasteiger partial charge on any atom is -0.309 e. The van der Waals surface area contributed by atoms with Gasteiger partial charge in [-0.05, 0) is 30.9 Å². The first-order valence-corrected chi connectivity index (χ1v) is 5.33. The van der Waals surface area contributed by atoms with E-state index in [1.165, 1.54) is 0 Å². The van der Waals surface area contributed by atoms with Crippen LogP contribution in [0.15, 0.2) is 12.1 Å². The highest BCUT2D eigenvalue weighted by atomic mass is 35.5. The van der Waals surface area contributed by atoms with Crippen molar-refractivity contribution in [2.24, 2.45) is 11.8 Å². The van der Waals surface area contributed by atoms with Crippen LogP contribution in [0, 0.1) is 11.8 Å². The molecule has 5 heteroatoms. The first kappa shape index (κ1) is 10.4. The average Bonchev–Trinajstić information content (AvgIpc) is 2.17.